The molecule has 4 fully saturated rings. The van der Waals surface area contributed by atoms with Gasteiger partial charge in [0.25, 0.3) is 0 Å². The minimum Gasteiger partial charge on any atom is -0.457 e. The molecule has 4 unspecified atom stereocenters. The minimum absolute atomic E-state index is 0.142. The SMILES string of the molecule is C=C1CCC(N2CCC3(CC4N(CCc5ccc6c(c5C)COC6=O)C5CCC54C3)C2=O)=C1C. The van der Waals surface area contributed by atoms with E-state index in [1.54, 1.807) is 0 Å². The van der Waals surface area contributed by atoms with E-state index in [1.165, 1.54) is 40.8 Å². The van der Waals surface area contributed by atoms with Crippen LogP contribution in [0.5, 0.6) is 0 Å². The largest absolute Gasteiger partial charge is 0.457 e. The summed E-state index contributed by atoms with van der Waals surface area (Å²) >= 11 is 0. The molecule has 7 rings (SSSR count). The van der Waals surface area contributed by atoms with Crippen molar-refractivity contribution in [3.8, 4) is 0 Å². The number of piperidine rings is 1. The van der Waals surface area contributed by atoms with E-state index in [9.17, 15) is 9.59 Å². The van der Waals surface area contributed by atoms with Crippen LogP contribution in [0, 0.1) is 17.8 Å². The molecule has 0 bridgehead atoms. The van der Waals surface area contributed by atoms with E-state index >= 15 is 0 Å². The van der Waals surface area contributed by atoms with Crippen molar-refractivity contribution >= 4 is 11.9 Å². The molecular formula is C29H34N2O3. The smallest absolute Gasteiger partial charge is 0.338 e. The number of amides is 1. The fourth-order valence-corrected chi connectivity index (χ4v) is 8.56. The molecule has 0 N–H and O–H groups in total. The second-order valence-electron chi connectivity index (χ2n) is 11.8. The van der Waals surface area contributed by atoms with Crippen LogP contribution in [-0.2, 0) is 22.6 Å². The molecule has 1 aromatic carbocycles. The average Bonchev–Trinajstić information content (AvgIpc) is 3.54. The van der Waals surface area contributed by atoms with Crippen LogP contribution in [-0.4, -0.2) is 46.8 Å². The molecule has 0 aromatic heterocycles. The van der Waals surface area contributed by atoms with E-state index in [0.717, 1.165) is 62.7 Å². The molecule has 5 heteroatoms. The Kier molecular flexibility index (Phi) is 4.21. The summed E-state index contributed by atoms with van der Waals surface area (Å²) in [5.41, 5.74) is 8.31. The summed E-state index contributed by atoms with van der Waals surface area (Å²) in [5.74, 6) is 0.219. The molecule has 1 amide bonds. The number of ether oxygens (including phenoxy) is 1. The summed E-state index contributed by atoms with van der Waals surface area (Å²) in [6.07, 6.45) is 8.71. The van der Waals surface area contributed by atoms with Gasteiger partial charge in [0.1, 0.15) is 6.61 Å². The first-order valence-corrected chi connectivity index (χ1v) is 13.1. The lowest BCUT2D eigenvalue weighted by molar-refractivity contribution is -0.187. The Balaban J connectivity index is 1.08. The molecule has 3 aliphatic carbocycles. The first-order chi connectivity index (χ1) is 16.3. The van der Waals surface area contributed by atoms with Crippen LogP contribution in [0.3, 0.4) is 0 Å². The van der Waals surface area contributed by atoms with Gasteiger partial charge in [0.15, 0.2) is 0 Å². The quantitative estimate of drug-likeness (QED) is 0.615. The normalized spacial score (nSPS) is 36.1. The molecule has 2 spiro atoms. The van der Waals surface area contributed by atoms with Crippen LogP contribution < -0.4 is 0 Å². The number of fused-ring (bicyclic) bond motifs is 1. The minimum atomic E-state index is -0.189. The van der Waals surface area contributed by atoms with Gasteiger partial charge < -0.3 is 9.64 Å². The van der Waals surface area contributed by atoms with Crippen LogP contribution >= 0.6 is 0 Å². The third-order valence-electron chi connectivity index (χ3n) is 10.6. The lowest BCUT2D eigenvalue weighted by Gasteiger charge is -2.68. The van der Waals surface area contributed by atoms with E-state index < -0.39 is 0 Å². The molecule has 1 aromatic rings. The first-order valence-electron chi connectivity index (χ1n) is 13.1. The van der Waals surface area contributed by atoms with Gasteiger partial charge in [-0.1, -0.05) is 18.2 Å². The van der Waals surface area contributed by atoms with Crippen LogP contribution in [0.15, 0.2) is 35.6 Å². The third-order valence-corrected chi connectivity index (χ3v) is 10.6. The monoisotopic (exact) mass is 458 g/mol. The Morgan fingerprint density at radius 3 is 2.74 bits per heavy atom. The molecule has 178 valence electrons. The molecule has 2 saturated carbocycles. The highest BCUT2D eigenvalue weighted by molar-refractivity contribution is 5.94. The molecule has 0 radical (unpaired) electrons. The van der Waals surface area contributed by atoms with Crippen LogP contribution in [0.2, 0.25) is 0 Å². The predicted molar refractivity (Wildman–Crippen MR) is 129 cm³/mol. The van der Waals surface area contributed by atoms with Crippen molar-refractivity contribution in [1.82, 2.24) is 9.80 Å². The number of cyclic esters (lactones) is 1. The first kappa shape index (κ1) is 20.9. The number of hydrogen-bond donors (Lipinski definition) is 0. The number of nitrogens with zero attached hydrogens (tertiary/aromatic N) is 2. The number of esters is 1. The highest BCUT2D eigenvalue weighted by Crippen LogP contribution is 2.71. The number of benzene rings is 1. The van der Waals surface area contributed by atoms with Crippen LogP contribution in [0.1, 0.15) is 78.9 Å². The van der Waals surface area contributed by atoms with Gasteiger partial charge in [0.2, 0.25) is 5.91 Å². The second kappa shape index (κ2) is 6.84. The fraction of sp³-hybridized carbons (Fsp3) is 0.586. The van der Waals surface area contributed by atoms with E-state index in [2.05, 4.69) is 36.3 Å². The zero-order chi connectivity index (χ0) is 23.4. The lowest BCUT2D eigenvalue weighted by atomic mass is 9.53. The van der Waals surface area contributed by atoms with E-state index in [1.807, 2.05) is 6.07 Å². The van der Waals surface area contributed by atoms with E-state index in [-0.39, 0.29) is 11.4 Å². The van der Waals surface area contributed by atoms with Crippen molar-refractivity contribution < 1.29 is 14.3 Å². The van der Waals surface area contributed by atoms with Gasteiger partial charge in [-0.05, 0) is 88.0 Å². The zero-order valence-electron chi connectivity index (χ0n) is 20.4. The van der Waals surface area contributed by atoms with Crippen LogP contribution in [0.25, 0.3) is 0 Å². The topological polar surface area (TPSA) is 49.9 Å². The average molecular weight is 459 g/mol. The molecule has 34 heavy (non-hydrogen) atoms. The van der Waals surface area contributed by atoms with E-state index in [4.69, 9.17) is 4.74 Å². The molecule has 3 aliphatic heterocycles. The van der Waals surface area contributed by atoms with Gasteiger partial charge in [-0.25, -0.2) is 4.79 Å². The second-order valence-corrected chi connectivity index (χ2v) is 11.8. The van der Waals surface area contributed by atoms with Gasteiger partial charge in [-0.3, -0.25) is 9.69 Å². The Morgan fingerprint density at radius 1 is 1.15 bits per heavy atom. The number of carbonyl (C=O) groups is 2. The maximum atomic E-state index is 13.8. The van der Waals surface area contributed by atoms with Crippen molar-refractivity contribution in [2.75, 3.05) is 13.1 Å². The van der Waals surface area contributed by atoms with Crippen molar-refractivity contribution in [2.24, 2.45) is 10.8 Å². The summed E-state index contributed by atoms with van der Waals surface area (Å²) in [6, 6.07) is 5.28. The number of allylic oxidation sites excluding steroid dienone is 3. The zero-order valence-corrected chi connectivity index (χ0v) is 20.4. The maximum Gasteiger partial charge on any atom is 0.338 e. The summed E-state index contributed by atoms with van der Waals surface area (Å²) < 4.78 is 5.24. The van der Waals surface area contributed by atoms with Gasteiger partial charge in [-0.15, -0.1) is 0 Å². The highest BCUT2D eigenvalue weighted by atomic mass is 16.5. The maximum absolute atomic E-state index is 13.8. The molecule has 3 heterocycles. The van der Waals surface area contributed by atoms with Crippen molar-refractivity contribution in [3.63, 3.8) is 0 Å². The molecular weight excluding hydrogens is 424 g/mol. The summed E-state index contributed by atoms with van der Waals surface area (Å²) in [7, 11) is 0. The number of likely N-dealkylation sites (tertiary alicyclic amines) is 2. The number of carbonyl (C=O) groups excluding carboxylic acids is 2. The highest BCUT2D eigenvalue weighted by Gasteiger charge is 2.74. The van der Waals surface area contributed by atoms with Gasteiger partial charge in [0.05, 0.1) is 11.0 Å². The predicted octanol–water partition coefficient (Wildman–Crippen LogP) is 4.68. The number of rotatable bonds is 4. The number of hydrogen-bond acceptors (Lipinski definition) is 4. The van der Waals surface area contributed by atoms with E-state index in [0.29, 0.717) is 30.0 Å². The Morgan fingerprint density at radius 2 is 2.00 bits per heavy atom. The van der Waals surface area contributed by atoms with Gasteiger partial charge >= 0.3 is 5.97 Å². The Labute approximate surface area is 201 Å². The van der Waals surface area contributed by atoms with Gasteiger partial charge in [-0.2, -0.15) is 0 Å². The summed E-state index contributed by atoms with van der Waals surface area (Å²) in [5, 5.41) is 0. The Bertz CT molecular complexity index is 1200. The lowest BCUT2D eigenvalue weighted by Crippen LogP contribution is -2.74. The van der Waals surface area contributed by atoms with Crippen molar-refractivity contribution in [1.29, 1.82) is 0 Å². The third kappa shape index (κ3) is 2.49. The molecule has 2 saturated heterocycles. The molecule has 5 nitrogen and oxygen atoms in total. The molecule has 6 aliphatic rings. The summed E-state index contributed by atoms with van der Waals surface area (Å²) in [4.78, 5) is 30.6. The van der Waals surface area contributed by atoms with Crippen molar-refractivity contribution in [2.45, 2.75) is 83.9 Å². The Hall–Kier alpha value is -2.40. The van der Waals surface area contributed by atoms with Gasteiger partial charge in [0, 0.05) is 41.8 Å². The molecule has 4 atom stereocenters. The fourth-order valence-electron chi connectivity index (χ4n) is 8.56. The van der Waals surface area contributed by atoms with Crippen LogP contribution in [0.4, 0.5) is 0 Å². The van der Waals surface area contributed by atoms with Crippen molar-refractivity contribution in [3.05, 3.63) is 57.8 Å². The summed E-state index contributed by atoms with van der Waals surface area (Å²) in [6.45, 7) is 10.8. The standard InChI is InChI=1S/C29H34N2O3/c1-17-4-7-23(18(17)2)30-13-11-28(27(30)33)14-25-29(16-28)10-8-24(29)31(25)12-9-20-5-6-21-22(19(20)3)15-34-26(21)32/h5-6,24-25H,1,4,7-16H2,2-3H3.